The van der Waals surface area contributed by atoms with E-state index < -0.39 is 0 Å². The third-order valence-corrected chi connectivity index (χ3v) is 5.44. The Morgan fingerprint density at radius 3 is 2.96 bits per heavy atom. The van der Waals surface area contributed by atoms with E-state index in [0.29, 0.717) is 24.0 Å². The minimum absolute atomic E-state index is 0.113. The number of carbonyl (C=O) groups is 1. The molecule has 1 aromatic rings. The smallest absolute Gasteiger partial charge is 0.227 e. The molecule has 24 heavy (non-hydrogen) atoms. The van der Waals surface area contributed by atoms with Gasteiger partial charge in [-0.1, -0.05) is 25.0 Å². The zero-order valence-corrected chi connectivity index (χ0v) is 14.6. The number of carbonyl (C=O) groups excluding carboxylic acids is 1. The second-order valence-corrected chi connectivity index (χ2v) is 7.02. The van der Waals surface area contributed by atoms with Crippen LogP contribution in [0.25, 0.3) is 0 Å². The molecule has 2 fully saturated rings. The van der Waals surface area contributed by atoms with Gasteiger partial charge in [-0.05, 0) is 44.4 Å². The average Bonchev–Trinajstić information content (AvgIpc) is 3.05. The van der Waals surface area contributed by atoms with Crippen LogP contribution in [0.1, 0.15) is 32.6 Å². The Morgan fingerprint density at radius 1 is 1.38 bits per heavy atom. The lowest BCUT2D eigenvalue weighted by Crippen LogP contribution is -2.49. The van der Waals surface area contributed by atoms with Crippen molar-refractivity contribution in [3.63, 3.8) is 0 Å². The van der Waals surface area contributed by atoms with Gasteiger partial charge in [0.25, 0.3) is 0 Å². The number of rotatable bonds is 6. The Labute approximate surface area is 144 Å². The van der Waals surface area contributed by atoms with Crippen molar-refractivity contribution < 1.29 is 14.3 Å². The van der Waals surface area contributed by atoms with Crippen molar-refractivity contribution in [3.05, 3.63) is 24.3 Å². The first-order chi connectivity index (χ1) is 11.7. The number of amides is 1. The maximum absolute atomic E-state index is 12.9. The van der Waals surface area contributed by atoms with Gasteiger partial charge in [0.15, 0.2) is 11.5 Å². The highest BCUT2D eigenvalue weighted by molar-refractivity contribution is 5.83. The van der Waals surface area contributed by atoms with E-state index in [4.69, 9.17) is 9.47 Å². The first kappa shape index (κ1) is 17.1. The van der Waals surface area contributed by atoms with Gasteiger partial charge in [0, 0.05) is 6.54 Å². The molecule has 1 aromatic carbocycles. The quantitative estimate of drug-likeness (QED) is 0.840. The lowest BCUT2D eigenvalue weighted by atomic mass is 9.67. The van der Waals surface area contributed by atoms with Crippen LogP contribution >= 0.6 is 0 Å². The molecular formula is C19H28N2O3. The van der Waals surface area contributed by atoms with Gasteiger partial charge in [-0.25, -0.2) is 0 Å². The topological polar surface area (TPSA) is 59.6 Å². The predicted molar refractivity (Wildman–Crippen MR) is 93.4 cm³/mol. The number of benzene rings is 1. The Morgan fingerprint density at radius 2 is 2.17 bits per heavy atom. The normalized spacial score (nSPS) is 27.2. The fraction of sp³-hybridized carbons (Fsp3) is 0.632. The molecule has 0 bridgehead atoms. The van der Waals surface area contributed by atoms with Gasteiger partial charge < -0.3 is 20.1 Å². The van der Waals surface area contributed by atoms with Gasteiger partial charge in [0.2, 0.25) is 5.91 Å². The van der Waals surface area contributed by atoms with E-state index in [9.17, 15) is 4.79 Å². The van der Waals surface area contributed by atoms with E-state index in [1.807, 2.05) is 31.2 Å². The number of methoxy groups -OCH3 is 1. The SMILES string of the molecule is COc1ccccc1OC(C)CNC(=O)[C@@]12CCCC[C@H]1CNC2. The highest BCUT2D eigenvalue weighted by Gasteiger charge is 2.49. The van der Waals surface area contributed by atoms with Crippen molar-refractivity contribution in [2.45, 2.75) is 38.7 Å². The first-order valence-electron chi connectivity index (χ1n) is 8.94. The van der Waals surface area contributed by atoms with E-state index in [2.05, 4.69) is 10.6 Å². The zero-order chi connectivity index (χ0) is 17.0. The first-order valence-corrected chi connectivity index (χ1v) is 8.94. The highest BCUT2D eigenvalue weighted by Crippen LogP contribution is 2.43. The number of hydrogen-bond donors (Lipinski definition) is 2. The summed E-state index contributed by atoms with van der Waals surface area (Å²) in [4.78, 5) is 12.9. The highest BCUT2D eigenvalue weighted by atomic mass is 16.5. The number of fused-ring (bicyclic) bond motifs is 1. The fourth-order valence-corrected chi connectivity index (χ4v) is 4.08. The maximum Gasteiger partial charge on any atom is 0.227 e. The van der Waals surface area contributed by atoms with Crippen LogP contribution in [0.2, 0.25) is 0 Å². The van der Waals surface area contributed by atoms with Crippen LogP contribution in [0.5, 0.6) is 11.5 Å². The van der Waals surface area contributed by atoms with E-state index in [1.165, 1.54) is 6.42 Å². The second-order valence-electron chi connectivity index (χ2n) is 7.02. The molecule has 0 aromatic heterocycles. The Kier molecular flexibility index (Phi) is 5.29. The van der Waals surface area contributed by atoms with Crippen molar-refractivity contribution in [1.82, 2.24) is 10.6 Å². The van der Waals surface area contributed by atoms with Crippen molar-refractivity contribution in [1.29, 1.82) is 0 Å². The molecule has 0 radical (unpaired) electrons. The van der Waals surface area contributed by atoms with Crippen LogP contribution in [0.3, 0.4) is 0 Å². The number of nitrogens with one attached hydrogen (secondary N) is 2. The van der Waals surface area contributed by atoms with Crippen molar-refractivity contribution in [2.24, 2.45) is 11.3 Å². The largest absolute Gasteiger partial charge is 0.493 e. The summed E-state index contributed by atoms with van der Waals surface area (Å²) < 4.78 is 11.2. The Hall–Kier alpha value is -1.75. The van der Waals surface area contributed by atoms with Gasteiger partial charge >= 0.3 is 0 Å². The maximum atomic E-state index is 12.9. The van der Waals surface area contributed by atoms with Crippen LogP contribution in [0.15, 0.2) is 24.3 Å². The van der Waals surface area contributed by atoms with Crippen LogP contribution in [0, 0.1) is 11.3 Å². The summed E-state index contributed by atoms with van der Waals surface area (Å²) in [6.07, 6.45) is 4.44. The van der Waals surface area contributed by atoms with Crippen molar-refractivity contribution in [3.8, 4) is 11.5 Å². The molecule has 1 heterocycles. The molecule has 1 unspecified atom stereocenters. The molecule has 5 heteroatoms. The van der Waals surface area contributed by atoms with Gasteiger partial charge in [-0.2, -0.15) is 0 Å². The van der Waals surface area contributed by atoms with Crippen molar-refractivity contribution in [2.75, 3.05) is 26.7 Å². The number of ether oxygens (including phenoxy) is 2. The minimum Gasteiger partial charge on any atom is -0.493 e. The summed E-state index contributed by atoms with van der Waals surface area (Å²) in [5, 5.41) is 6.55. The Balaban J connectivity index is 1.56. The molecule has 5 nitrogen and oxygen atoms in total. The third kappa shape index (κ3) is 3.36. The van der Waals surface area contributed by atoms with Crippen LogP contribution in [-0.2, 0) is 4.79 Å². The summed E-state index contributed by atoms with van der Waals surface area (Å²) in [6.45, 7) is 4.26. The van der Waals surface area contributed by atoms with Crippen molar-refractivity contribution >= 4 is 5.91 Å². The van der Waals surface area contributed by atoms with Crippen LogP contribution < -0.4 is 20.1 Å². The van der Waals surface area contributed by atoms with Gasteiger partial charge in [-0.15, -0.1) is 0 Å². The summed E-state index contributed by atoms with van der Waals surface area (Å²) in [5.41, 5.74) is -0.206. The lowest BCUT2D eigenvalue weighted by Gasteiger charge is -2.37. The standard InChI is InChI=1S/C19H28N2O3/c1-14(24-17-9-4-3-8-16(17)23-2)11-21-18(22)19-10-6-5-7-15(19)12-20-13-19/h3-4,8-9,14-15,20H,5-7,10-13H2,1-2H3,(H,21,22)/t14?,15-,19+/m0/s1. The predicted octanol–water partition coefficient (Wildman–Crippen LogP) is 2.36. The summed E-state index contributed by atoms with van der Waals surface area (Å²) >= 11 is 0. The van der Waals surface area contributed by atoms with Gasteiger partial charge in [0.05, 0.1) is 19.1 Å². The van der Waals surface area contributed by atoms with E-state index in [-0.39, 0.29) is 17.4 Å². The summed E-state index contributed by atoms with van der Waals surface area (Å²) in [5.74, 6) is 2.09. The van der Waals surface area contributed by atoms with Crippen LogP contribution in [0.4, 0.5) is 0 Å². The van der Waals surface area contributed by atoms with Crippen LogP contribution in [-0.4, -0.2) is 38.8 Å². The molecule has 1 saturated carbocycles. The number of para-hydroxylation sites is 2. The minimum atomic E-state index is -0.206. The molecular weight excluding hydrogens is 304 g/mol. The molecule has 3 atom stereocenters. The molecule has 132 valence electrons. The van der Waals surface area contributed by atoms with Gasteiger partial charge in [0.1, 0.15) is 6.10 Å². The summed E-state index contributed by atoms with van der Waals surface area (Å²) in [6, 6.07) is 7.58. The second kappa shape index (κ2) is 7.43. The van der Waals surface area contributed by atoms with E-state index >= 15 is 0 Å². The molecule has 1 saturated heterocycles. The number of hydrogen-bond acceptors (Lipinski definition) is 4. The molecule has 1 aliphatic carbocycles. The van der Waals surface area contributed by atoms with E-state index in [1.54, 1.807) is 7.11 Å². The molecule has 1 amide bonds. The molecule has 3 rings (SSSR count). The van der Waals surface area contributed by atoms with E-state index in [0.717, 1.165) is 32.4 Å². The third-order valence-electron chi connectivity index (χ3n) is 5.44. The molecule has 2 aliphatic rings. The fourth-order valence-electron chi connectivity index (χ4n) is 4.08. The van der Waals surface area contributed by atoms with Gasteiger partial charge in [-0.3, -0.25) is 4.79 Å². The molecule has 2 N–H and O–H groups in total. The Bertz CT molecular complexity index is 577. The molecule has 0 spiro atoms. The average molecular weight is 332 g/mol. The monoisotopic (exact) mass is 332 g/mol. The molecule has 1 aliphatic heterocycles. The lowest BCUT2D eigenvalue weighted by molar-refractivity contribution is -0.134. The zero-order valence-electron chi connectivity index (χ0n) is 14.6. The summed E-state index contributed by atoms with van der Waals surface area (Å²) in [7, 11) is 1.63.